The van der Waals surface area contributed by atoms with Gasteiger partial charge >= 0.3 is 0 Å². The zero-order chi connectivity index (χ0) is 15.1. The average molecular weight is 300 g/mol. The molecule has 1 aromatic rings. The van der Waals surface area contributed by atoms with Crippen molar-refractivity contribution in [3.8, 4) is 0 Å². The largest absolute Gasteiger partial charge is 0.354 e. The van der Waals surface area contributed by atoms with E-state index < -0.39 is 0 Å². The molecular formula is C17H24N4O. The maximum atomic E-state index is 12.6. The van der Waals surface area contributed by atoms with Crippen LogP contribution in [0, 0.1) is 5.92 Å². The summed E-state index contributed by atoms with van der Waals surface area (Å²) in [4.78, 5) is 26.0. The molecule has 118 valence electrons. The van der Waals surface area contributed by atoms with Gasteiger partial charge in [-0.1, -0.05) is 6.92 Å². The molecule has 5 rings (SSSR count). The molecule has 3 saturated heterocycles. The first-order valence-corrected chi connectivity index (χ1v) is 8.63. The summed E-state index contributed by atoms with van der Waals surface area (Å²) in [6, 6.07) is 2.50. The molecule has 5 heteroatoms. The van der Waals surface area contributed by atoms with Gasteiger partial charge in [0.05, 0.1) is 5.92 Å². The van der Waals surface area contributed by atoms with E-state index in [1.807, 2.05) is 0 Å². The maximum absolute atomic E-state index is 12.6. The summed E-state index contributed by atoms with van der Waals surface area (Å²) in [7, 11) is 0. The van der Waals surface area contributed by atoms with Gasteiger partial charge in [0.2, 0.25) is 5.91 Å². The second-order valence-electron chi connectivity index (χ2n) is 6.94. The normalized spacial score (nSPS) is 28.1. The van der Waals surface area contributed by atoms with Crippen LogP contribution in [0.4, 0.5) is 5.82 Å². The fourth-order valence-corrected chi connectivity index (χ4v) is 3.90. The molecule has 0 N–H and O–H groups in total. The Hall–Kier alpha value is -1.65. The van der Waals surface area contributed by atoms with Crippen LogP contribution >= 0.6 is 0 Å². The minimum atomic E-state index is 0.143. The predicted molar refractivity (Wildman–Crippen MR) is 84.7 cm³/mol. The molecule has 0 spiro atoms. The molecule has 2 bridgehead atoms. The first kappa shape index (κ1) is 14.0. The van der Waals surface area contributed by atoms with E-state index in [4.69, 9.17) is 0 Å². The molecule has 22 heavy (non-hydrogen) atoms. The summed E-state index contributed by atoms with van der Waals surface area (Å²) >= 11 is 0. The quantitative estimate of drug-likeness (QED) is 0.855. The summed E-state index contributed by atoms with van der Waals surface area (Å²) in [5, 5.41) is 0. The van der Waals surface area contributed by atoms with Crippen LogP contribution in [0.1, 0.15) is 50.6 Å². The number of hydrogen-bond acceptors (Lipinski definition) is 4. The van der Waals surface area contributed by atoms with Crippen LogP contribution in [0.25, 0.3) is 0 Å². The number of amides is 1. The number of carbonyl (C=O) groups is 1. The maximum Gasteiger partial charge on any atom is 0.227 e. The van der Waals surface area contributed by atoms with Gasteiger partial charge in [-0.2, -0.15) is 0 Å². The first-order chi connectivity index (χ1) is 10.8. The Morgan fingerprint density at radius 3 is 2.73 bits per heavy atom. The number of hydrogen-bond donors (Lipinski definition) is 0. The highest BCUT2D eigenvalue weighted by Gasteiger charge is 2.40. The van der Waals surface area contributed by atoms with Crippen molar-refractivity contribution in [1.29, 1.82) is 0 Å². The lowest BCUT2D eigenvalue weighted by Gasteiger charge is -2.35. The molecule has 4 fully saturated rings. The molecule has 1 aromatic heterocycles. The molecule has 1 saturated carbocycles. The van der Waals surface area contributed by atoms with Crippen LogP contribution in [0.15, 0.2) is 12.4 Å². The summed E-state index contributed by atoms with van der Waals surface area (Å²) in [6.45, 7) is 4.78. The second-order valence-corrected chi connectivity index (χ2v) is 6.94. The summed E-state index contributed by atoms with van der Waals surface area (Å²) in [5.74, 6) is 2.16. The molecule has 1 amide bonds. The number of anilines is 1. The Morgan fingerprint density at radius 2 is 1.95 bits per heavy atom. The van der Waals surface area contributed by atoms with E-state index in [1.165, 1.54) is 18.5 Å². The fraction of sp³-hybridized carbons (Fsp3) is 0.706. The summed E-state index contributed by atoms with van der Waals surface area (Å²) in [6.07, 6.45) is 7.40. The van der Waals surface area contributed by atoms with Gasteiger partial charge in [-0.3, -0.25) is 4.79 Å². The highest BCUT2D eigenvalue weighted by Crippen LogP contribution is 2.40. The number of piperidine rings is 1. The average Bonchev–Trinajstić information content (AvgIpc) is 3.37. The van der Waals surface area contributed by atoms with Crippen molar-refractivity contribution >= 4 is 11.7 Å². The predicted octanol–water partition coefficient (Wildman–Crippen LogP) is 2.19. The third kappa shape index (κ3) is 2.46. The molecule has 0 aromatic carbocycles. The number of aromatic nitrogens is 2. The lowest BCUT2D eigenvalue weighted by Crippen LogP contribution is -2.48. The number of rotatable bonds is 4. The Morgan fingerprint density at radius 1 is 1.14 bits per heavy atom. The van der Waals surface area contributed by atoms with Crippen molar-refractivity contribution in [3.63, 3.8) is 0 Å². The Balaban J connectivity index is 1.59. The SMILES string of the molecule is CCCN1C(=O)[C@@H]2CC[C@H]1CN(c1cc(C3CC3)ncn1)C2. The van der Waals surface area contributed by atoms with Crippen molar-refractivity contribution in [2.24, 2.45) is 5.92 Å². The van der Waals surface area contributed by atoms with Crippen LogP contribution in [-0.2, 0) is 4.79 Å². The van der Waals surface area contributed by atoms with Crippen LogP contribution in [0.5, 0.6) is 0 Å². The van der Waals surface area contributed by atoms with Crippen LogP contribution < -0.4 is 4.90 Å². The van der Waals surface area contributed by atoms with Crippen molar-refractivity contribution < 1.29 is 4.79 Å². The van der Waals surface area contributed by atoms with Gasteiger partial charge in [0.1, 0.15) is 12.1 Å². The molecule has 1 aliphatic carbocycles. The van der Waals surface area contributed by atoms with E-state index in [1.54, 1.807) is 6.33 Å². The van der Waals surface area contributed by atoms with Crippen LogP contribution in [-0.4, -0.2) is 46.5 Å². The molecular weight excluding hydrogens is 276 g/mol. The van der Waals surface area contributed by atoms with Gasteiger partial charge in [-0.05, 0) is 32.1 Å². The Kier molecular flexibility index (Phi) is 3.51. The standard InChI is InChI=1S/C17H24N4O/c1-2-7-21-14-6-5-13(17(21)22)9-20(10-14)16-8-15(12-3-4-12)18-11-19-16/h8,11-14H,2-7,9-10H2,1H3/t13-,14+/m1/s1. The van der Waals surface area contributed by atoms with Gasteiger partial charge in [0, 0.05) is 43.4 Å². The second kappa shape index (κ2) is 5.52. The van der Waals surface area contributed by atoms with Crippen molar-refractivity contribution in [1.82, 2.24) is 14.9 Å². The minimum absolute atomic E-state index is 0.143. The topological polar surface area (TPSA) is 49.3 Å². The third-order valence-electron chi connectivity index (χ3n) is 5.25. The molecule has 2 atom stereocenters. The number of carbonyl (C=O) groups excluding carboxylic acids is 1. The van der Waals surface area contributed by atoms with E-state index >= 15 is 0 Å². The molecule has 3 aliphatic heterocycles. The fourth-order valence-electron chi connectivity index (χ4n) is 3.90. The number of nitrogens with zero attached hydrogens (tertiary/aromatic N) is 4. The molecule has 0 radical (unpaired) electrons. The van der Waals surface area contributed by atoms with E-state index in [0.29, 0.717) is 17.9 Å². The van der Waals surface area contributed by atoms with Crippen molar-refractivity contribution in [3.05, 3.63) is 18.1 Å². The monoisotopic (exact) mass is 300 g/mol. The lowest BCUT2D eigenvalue weighted by molar-refractivity contribution is -0.139. The van der Waals surface area contributed by atoms with E-state index in [9.17, 15) is 4.79 Å². The molecule has 5 nitrogen and oxygen atoms in total. The molecule has 4 aliphatic rings. The van der Waals surface area contributed by atoms with E-state index in [2.05, 4.69) is 32.8 Å². The van der Waals surface area contributed by atoms with Crippen molar-refractivity contribution in [2.75, 3.05) is 24.5 Å². The Bertz CT molecular complexity index is 572. The molecule has 0 unspecified atom stereocenters. The highest BCUT2D eigenvalue weighted by molar-refractivity contribution is 5.81. The zero-order valence-corrected chi connectivity index (χ0v) is 13.2. The Labute approximate surface area is 131 Å². The van der Waals surface area contributed by atoms with Crippen molar-refractivity contribution in [2.45, 2.75) is 51.0 Å². The van der Waals surface area contributed by atoms with E-state index in [-0.39, 0.29) is 5.92 Å². The summed E-state index contributed by atoms with van der Waals surface area (Å²) in [5.41, 5.74) is 1.18. The first-order valence-electron chi connectivity index (χ1n) is 8.63. The summed E-state index contributed by atoms with van der Waals surface area (Å²) < 4.78 is 0. The van der Waals surface area contributed by atoms with Gasteiger partial charge in [0.15, 0.2) is 0 Å². The van der Waals surface area contributed by atoms with Gasteiger partial charge < -0.3 is 9.80 Å². The minimum Gasteiger partial charge on any atom is -0.354 e. The third-order valence-corrected chi connectivity index (χ3v) is 5.25. The van der Waals surface area contributed by atoms with Gasteiger partial charge in [0.25, 0.3) is 0 Å². The highest BCUT2D eigenvalue weighted by atomic mass is 16.2. The lowest BCUT2D eigenvalue weighted by atomic mass is 9.94. The zero-order valence-electron chi connectivity index (χ0n) is 13.2. The van der Waals surface area contributed by atoms with Crippen LogP contribution in [0.3, 0.4) is 0 Å². The van der Waals surface area contributed by atoms with Gasteiger partial charge in [-0.15, -0.1) is 0 Å². The van der Waals surface area contributed by atoms with Crippen LogP contribution in [0.2, 0.25) is 0 Å². The molecule has 4 heterocycles. The smallest absolute Gasteiger partial charge is 0.227 e. The van der Waals surface area contributed by atoms with E-state index in [0.717, 1.165) is 44.7 Å². The van der Waals surface area contributed by atoms with Gasteiger partial charge in [-0.25, -0.2) is 9.97 Å². The number of fused-ring (bicyclic) bond motifs is 4.